The van der Waals surface area contributed by atoms with Crippen LogP contribution in [0.1, 0.15) is 16.1 Å². The van der Waals surface area contributed by atoms with Crippen LogP contribution in [0.3, 0.4) is 0 Å². The highest BCUT2D eigenvalue weighted by Gasteiger charge is 2.16. The predicted molar refractivity (Wildman–Crippen MR) is 93.7 cm³/mol. The third kappa shape index (κ3) is 3.14. The largest absolute Gasteiger partial charge is 0.302 e. The lowest BCUT2D eigenvalue weighted by Gasteiger charge is -2.03. The summed E-state index contributed by atoms with van der Waals surface area (Å²) in [5.41, 5.74) is 1.20. The molecule has 3 heterocycles. The second-order valence-electron chi connectivity index (χ2n) is 5.52. The Hall–Kier alpha value is -3.26. The SMILES string of the molecule is O=C(Nc1nn(Cc2ccccc2F)cc1Cl)c1cc2ncccn2n1. The van der Waals surface area contributed by atoms with Crippen molar-refractivity contribution >= 4 is 29.0 Å². The first-order valence-corrected chi connectivity index (χ1v) is 8.06. The monoisotopic (exact) mass is 370 g/mol. The van der Waals surface area contributed by atoms with Crippen LogP contribution < -0.4 is 5.32 Å². The van der Waals surface area contributed by atoms with Crippen LogP contribution in [0, 0.1) is 5.82 Å². The molecule has 4 aromatic rings. The smallest absolute Gasteiger partial charge is 0.277 e. The van der Waals surface area contributed by atoms with Crippen LogP contribution in [0.25, 0.3) is 5.65 Å². The summed E-state index contributed by atoms with van der Waals surface area (Å²) >= 11 is 6.13. The van der Waals surface area contributed by atoms with Gasteiger partial charge < -0.3 is 5.32 Å². The molecule has 1 N–H and O–H groups in total. The molecule has 0 aliphatic carbocycles. The molecule has 0 aliphatic heterocycles. The molecule has 1 aromatic carbocycles. The number of amides is 1. The fourth-order valence-electron chi connectivity index (χ4n) is 2.48. The third-order valence-corrected chi connectivity index (χ3v) is 3.98. The van der Waals surface area contributed by atoms with E-state index in [9.17, 15) is 9.18 Å². The molecule has 0 saturated carbocycles. The van der Waals surface area contributed by atoms with Gasteiger partial charge in [-0.3, -0.25) is 9.48 Å². The number of carbonyl (C=O) groups excluding carboxylic acids is 1. The highest BCUT2D eigenvalue weighted by atomic mass is 35.5. The summed E-state index contributed by atoms with van der Waals surface area (Å²) < 4.78 is 16.7. The van der Waals surface area contributed by atoms with E-state index >= 15 is 0 Å². The Morgan fingerprint density at radius 2 is 2.08 bits per heavy atom. The van der Waals surface area contributed by atoms with Crippen molar-refractivity contribution in [2.45, 2.75) is 6.54 Å². The van der Waals surface area contributed by atoms with Gasteiger partial charge in [0.15, 0.2) is 17.2 Å². The van der Waals surface area contributed by atoms with Crippen LogP contribution in [0.2, 0.25) is 5.02 Å². The van der Waals surface area contributed by atoms with E-state index in [-0.39, 0.29) is 28.9 Å². The van der Waals surface area contributed by atoms with E-state index < -0.39 is 5.91 Å². The van der Waals surface area contributed by atoms with Crippen LogP contribution in [0.15, 0.2) is 55.0 Å². The molecule has 1 amide bonds. The van der Waals surface area contributed by atoms with E-state index in [0.717, 1.165) is 0 Å². The summed E-state index contributed by atoms with van der Waals surface area (Å²) in [6, 6.07) is 9.66. The van der Waals surface area contributed by atoms with Crippen molar-refractivity contribution < 1.29 is 9.18 Å². The standard InChI is InChI=1S/C17H12ClFN6O/c18-12-10-24(9-11-4-1-2-5-13(11)19)23-16(12)21-17(26)14-8-15-20-6-3-7-25(15)22-14/h1-8,10H,9H2,(H,21,23,26). The van der Waals surface area contributed by atoms with Gasteiger partial charge >= 0.3 is 0 Å². The Morgan fingerprint density at radius 1 is 1.23 bits per heavy atom. The lowest BCUT2D eigenvalue weighted by Crippen LogP contribution is -2.14. The first kappa shape index (κ1) is 16.2. The maximum Gasteiger partial charge on any atom is 0.277 e. The molecule has 0 fully saturated rings. The molecule has 0 atom stereocenters. The van der Waals surface area contributed by atoms with Crippen molar-refractivity contribution in [3.05, 3.63) is 77.1 Å². The van der Waals surface area contributed by atoms with Crippen molar-refractivity contribution in [1.29, 1.82) is 0 Å². The zero-order valence-electron chi connectivity index (χ0n) is 13.3. The number of aromatic nitrogens is 5. The molecule has 0 saturated heterocycles. The summed E-state index contributed by atoms with van der Waals surface area (Å²) in [4.78, 5) is 16.5. The number of fused-ring (bicyclic) bond motifs is 1. The van der Waals surface area contributed by atoms with E-state index in [4.69, 9.17) is 11.6 Å². The molecular weight excluding hydrogens is 359 g/mol. The van der Waals surface area contributed by atoms with E-state index in [2.05, 4.69) is 20.5 Å². The van der Waals surface area contributed by atoms with Gasteiger partial charge in [0.2, 0.25) is 0 Å². The number of nitrogens with zero attached hydrogens (tertiary/aromatic N) is 5. The zero-order valence-corrected chi connectivity index (χ0v) is 14.1. The van der Waals surface area contributed by atoms with Gasteiger partial charge in [-0.05, 0) is 12.1 Å². The number of nitrogens with one attached hydrogen (secondary N) is 1. The number of hydrogen-bond acceptors (Lipinski definition) is 4. The maximum absolute atomic E-state index is 13.8. The van der Waals surface area contributed by atoms with Gasteiger partial charge in [-0.1, -0.05) is 29.8 Å². The summed E-state index contributed by atoms with van der Waals surface area (Å²) in [6.07, 6.45) is 4.82. The Kier molecular flexibility index (Phi) is 4.10. The highest BCUT2D eigenvalue weighted by Crippen LogP contribution is 2.21. The minimum Gasteiger partial charge on any atom is -0.302 e. The Labute approximate surface area is 152 Å². The number of rotatable bonds is 4. The summed E-state index contributed by atoms with van der Waals surface area (Å²) in [7, 11) is 0. The minimum atomic E-state index is -0.464. The average Bonchev–Trinajstić information content (AvgIpc) is 3.21. The Bertz CT molecular complexity index is 1070. The zero-order chi connectivity index (χ0) is 18.1. The molecule has 0 radical (unpaired) electrons. The highest BCUT2D eigenvalue weighted by molar-refractivity contribution is 6.33. The Balaban J connectivity index is 1.54. The predicted octanol–water partition coefficient (Wildman–Crippen LogP) is 3.02. The minimum absolute atomic E-state index is 0.179. The summed E-state index contributed by atoms with van der Waals surface area (Å²) in [5.74, 6) is -0.617. The second-order valence-corrected chi connectivity index (χ2v) is 5.93. The van der Waals surface area contributed by atoms with Gasteiger partial charge in [-0.2, -0.15) is 10.2 Å². The molecule has 0 bridgehead atoms. The molecule has 130 valence electrons. The van der Waals surface area contributed by atoms with Gasteiger partial charge in [0.1, 0.15) is 10.8 Å². The fraction of sp³-hybridized carbons (Fsp3) is 0.0588. The normalized spacial score (nSPS) is 11.0. The van der Waals surface area contributed by atoms with E-state index in [1.54, 1.807) is 42.7 Å². The van der Waals surface area contributed by atoms with E-state index in [1.165, 1.54) is 21.5 Å². The van der Waals surface area contributed by atoms with Crippen LogP contribution in [0.4, 0.5) is 10.2 Å². The molecule has 4 rings (SSSR count). The molecule has 3 aromatic heterocycles. The van der Waals surface area contributed by atoms with E-state index in [1.807, 2.05) is 0 Å². The van der Waals surface area contributed by atoms with Crippen molar-refractivity contribution in [3.8, 4) is 0 Å². The number of benzene rings is 1. The third-order valence-electron chi connectivity index (χ3n) is 3.71. The topological polar surface area (TPSA) is 77.1 Å². The van der Waals surface area contributed by atoms with Gasteiger partial charge in [-0.25, -0.2) is 13.9 Å². The number of halogens is 2. The van der Waals surface area contributed by atoms with Crippen molar-refractivity contribution in [2.24, 2.45) is 0 Å². The lowest BCUT2D eigenvalue weighted by atomic mass is 10.2. The number of anilines is 1. The fourth-order valence-corrected chi connectivity index (χ4v) is 2.67. The molecular formula is C17H12ClFN6O. The van der Waals surface area contributed by atoms with Gasteiger partial charge in [0.05, 0.1) is 6.54 Å². The molecule has 0 unspecified atom stereocenters. The van der Waals surface area contributed by atoms with Crippen molar-refractivity contribution in [2.75, 3.05) is 5.32 Å². The van der Waals surface area contributed by atoms with Crippen LogP contribution >= 0.6 is 11.6 Å². The summed E-state index contributed by atoms with van der Waals surface area (Å²) in [6.45, 7) is 0.195. The number of carbonyl (C=O) groups is 1. The van der Waals surface area contributed by atoms with Gasteiger partial charge in [0.25, 0.3) is 5.91 Å². The van der Waals surface area contributed by atoms with Gasteiger partial charge in [-0.15, -0.1) is 0 Å². The lowest BCUT2D eigenvalue weighted by molar-refractivity contribution is 0.102. The quantitative estimate of drug-likeness (QED) is 0.599. The Morgan fingerprint density at radius 3 is 2.88 bits per heavy atom. The summed E-state index contributed by atoms with van der Waals surface area (Å²) in [5, 5.41) is 11.2. The van der Waals surface area contributed by atoms with Crippen molar-refractivity contribution in [3.63, 3.8) is 0 Å². The first-order chi connectivity index (χ1) is 12.6. The molecule has 0 spiro atoms. The second kappa shape index (κ2) is 6.57. The molecule has 7 nitrogen and oxygen atoms in total. The van der Waals surface area contributed by atoms with E-state index in [0.29, 0.717) is 11.2 Å². The van der Waals surface area contributed by atoms with Crippen LogP contribution in [-0.4, -0.2) is 30.3 Å². The molecule has 0 aliphatic rings. The van der Waals surface area contributed by atoms with Crippen molar-refractivity contribution in [1.82, 2.24) is 24.4 Å². The first-order valence-electron chi connectivity index (χ1n) is 7.68. The number of hydrogen-bond donors (Lipinski definition) is 1. The molecule has 26 heavy (non-hydrogen) atoms. The van der Waals surface area contributed by atoms with Crippen LogP contribution in [0.5, 0.6) is 0 Å². The average molecular weight is 371 g/mol. The van der Waals surface area contributed by atoms with Crippen LogP contribution in [-0.2, 0) is 6.54 Å². The maximum atomic E-state index is 13.8. The van der Waals surface area contributed by atoms with Gasteiger partial charge in [0, 0.05) is 30.2 Å². The molecule has 9 heteroatoms.